The van der Waals surface area contributed by atoms with Crippen molar-refractivity contribution in [3.05, 3.63) is 29.3 Å². The van der Waals surface area contributed by atoms with E-state index in [9.17, 15) is 9.59 Å². The van der Waals surface area contributed by atoms with Crippen molar-refractivity contribution in [3.63, 3.8) is 0 Å². The second-order valence-electron chi connectivity index (χ2n) is 4.56. The van der Waals surface area contributed by atoms with Crippen LogP contribution in [0, 0.1) is 13.8 Å². The van der Waals surface area contributed by atoms with Crippen LogP contribution in [0.15, 0.2) is 18.2 Å². The van der Waals surface area contributed by atoms with Crippen LogP contribution in [0.3, 0.4) is 0 Å². The molecule has 0 aliphatic rings. The molecule has 1 rings (SSSR count). The number of aliphatic carboxylic acids is 1. The summed E-state index contributed by atoms with van der Waals surface area (Å²) >= 11 is 0. The summed E-state index contributed by atoms with van der Waals surface area (Å²) in [6, 6.07) is 4.46. The summed E-state index contributed by atoms with van der Waals surface area (Å²) in [5, 5.41) is 19.7. The number of benzene rings is 1. The van der Waals surface area contributed by atoms with Gasteiger partial charge >= 0.3 is 5.97 Å². The number of carbonyl (C=O) groups is 2. The zero-order valence-electron chi connectivity index (χ0n) is 11.5. The molecule has 0 aliphatic carbocycles. The van der Waals surface area contributed by atoms with E-state index in [-0.39, 0.29) is 13.0 Å². The number of amides is 1. The van der Waals surface area contributed by atoms with Gasteiger partial charge in [0.15, 0.2) is 0 Å². The molecular formula is C14H19NO5. The molecule has 0 aromatic heterocycles. The van der Waals surface area contributed by atoms with Crippen LogP contribution >= 0.6 is 0 Å². The van der Waals surface area contributed by atoms with E-state index in [0.717, 1.165) is 11.1 Å². The van der Waals surface area contributed by atoms with Crippen molar-refractivity contribution in [1.29, 1.82) is 0 Å². The van der Waals surface area contributed by atoms with E-state index in [2.05, 4.69) is 5.32 Å². The lowest BCUT2D eigenvalue weighted by Crippen LogP contribution is -2.43. The SMILES string of the molecule is Cc1cc(C)cc(OCCC(=O)N[C@@H](CO)C(=O)O)c1. The van der Waals surface area contributed by atoms with Gasteiger partial charge in [0.2, 0.25) is 5.91 Å². The Morgan fingerprint density at radius 3 is 2.35 bits per heavy atom. The van der Waals surface area contributed by atoms with Gasteiger partial charge in [0.1, 0.15) is 11.8 Å². The predicted molar refractivity (Wildman–Crippen MR) is 72.7 cm³/mol. The van der Waals surface area contributed by atoms with Gasteiger partial charge in [0, 0.05) is 0 Å². The summed E-state index contributed by atoms with van der Waals surface area (Å²) in [6.07, 6.45) is 0.0246. The zero-order chi connectivity index (χ0) is 15.1. The normalized spacial score (nSPS) is 11.8. The first kappa shape index (κ1) is 16.0. The molecule has 0 aliphatic heterocycles. The minimum atomic E-state index is -1.27. The number of carboxylic acids is 1. The standard InChI is InChI=1S/C14H19NO5/c1-9-5-10(2)7-11(6-9)20-4-3-13(17)15-12(8-16)14(18)19/h5-7,12,16H,3-4,8H2,1-2H3,(H,15,17)(H,18,19)/t12-/m0/s1. The van der Waals surface area contributed by atoms with Crippen LogP contribution < -0.4 is 10.1 Å². The van der Waals surface area contributed by atoms with Gasteiger partial charge in [0.25, 0.3) is 0 Å². The fraction of sp³-hybridized carbons (Fsp3) is 0.429. The molecule has 0 radical (unpaired) electrons. The first-order chi connectivity index (χ1) is 9.42. The van der Waals surface area contributed by atoms with Crippen LogP contribution in [0.25, 0.3) is 0 Å². The number of carbonyl (C=O) groups excluding carboxylic acids is 1. The summed E-state index contributed by atoms with van der Waals surface area (Å²) in [7, 11) is 0. The van der Waals surface area contributed by atoms with E-state index in [1.165, 1.54) is 0 Å². The number of hydrogen-bond donors (Lipinski definition) is 3. The second-order valence-corrected chi connectivity index (χ2v) is 4.56. The number of rotatable bonds is 7. The van der Waals surface area contributed by atoms with Gasteiger partial charge in [-0.1, -0.05) is 6.07 Å². The first-order valence-electron chi connectivity index (χ1n) is 6.26. The molecule has 0 unspecified atom stereocenters. The van der Waals surface area contributed by atoms with Gasteiger partial charge < -0.3 is 20.3 Å². The van der Waals surface area contributed by atoms with Crippen LogP contribution in [0.1, 0.15) is 17.5 Å². The molecule has 3 N–H and O–H groups in total. The van der Waals surface area contributed by atoms with Crippen molar-refractivity contribution >= 4 is 11.9 Å². The molecule has 1 atom stereocenters. The van der Waals surface area contributed by atoms with E-state index in [1.807, 2.05) is 32.0 Å². The first-order valence-corrected chi connectivity index (χ1v) is 6.26. The van der Waals surface area contributed by atoms with Crippen molar-refractivity contribution in [2.75, 3.05) is 13.2 Å². The molecule has 0 saturated heterocycles. The Morgan fingerprint density at radius 1 is 1.25 bits per heavy atom. The van der Waals surface area contributed by atoms with E-state index >= 15 is 0 Å². The van der Waals surface area contributed by atoms with Gasteiger partial charge in [-0.05, 0) is 37.1 Å². The van der Waals surface area contributed by atoms with Crippen LogP contribution in [0.2, 0.25) is 0 Å². The lowest BCUT2D eigenvalue weighted by Gasteiger charge is -2.12. The highest BCUT2D eigenvalue weighted by atomic mass is 16.5. The summed E-state index contributed by atoms with van der Waals surface area (Å²) in [6.45, 7) is 3.40. The number of carboxylic acid groups (broad SMARTS) is 1. The molecule has 110 valence electrons. The zero-order valence-corrected chi connectivity index (χ0v) is 11.5. The Kier molecular flexibility index (Phi) is 5.99. The van der Waals surface area contributed by atoms with E-state index in [4.69, 9.17) is 14.9 Å². The minimum absolute atomic E-state index is 0.0246. The van der Waals surface area contributed by atoms with Crippen LogP contribution in [-0.4, -0.2) is 41.3 Å². The average Bonchev–Trinajstić information content (AvgIpc) is 2.34. The van der Waals surface area contributed by atoms with Crippen molar-refractivity contribution in [2.45, 2.75) is 26.3 Å². The summed E-state index contributed by atoms with van der Waals surface area (Å²) in [5.41, 5.74) is 2.13. The maximum atomic E-state index is 11.5. The molecule has 1 amide bonds. The predicted octanol–water partition coefficient (Wildman–Crippen LogP) is 0.634. The quantitative estimate of drug-likeness (QED) is 0.681. The third-order valence-electron chi connectivity index (χ3n) is 2.61. The summed E-state index contributed by atoms with van der Waals surface area (Å²) in [4.78, 5) is 22.1. The molecule has 20 heavy (non-hydrogen) atoms. The highest BCUT2D eigenvalue weighted by Gasteiger charge is 2.18. The van der Waals surface area contributed by atoms with Crippen LogP contribution in [0.4, 0.5) is 0 Å². The van der Waals surface area contributed by atoms with Gasteiger partial charge in [-0.3, -0.25) is 4.79 Å². The summed E-state index contributed by atoms with van der Waals surface area (Å²) < 4.78 is 5.44. The summed E-state index contributed by atoms with van der Waals surface area (Å²) in [5.74, 6) is -1.07. The minimum Gasteiger partial charge on any atom is -0.493 e. The Labute approximate surface area is 117 Å². The third-order valence-corrected chi connectivity index (χ3v) is 2.61. The lowest BCUT2D eigenvalue weighted by atomic mass is 10.1. The Hall–Kier alpha value is -2.08. The van der Waals surface area contributed by atoms with E-state index < -0.39 is 24.5 Å². The molecule has 0 fully saturated rings. The van der Waals surface area contributed by atoms with E-state index in [1.54, 1.807) is 0 Å². The highest BCUT2D eigenvalue weighted by Crippen LogP contribution is 2.16. The molecular weight excluding hydrogens is 262 g/mol. The molecule has 1 aromatic rings. The fourth-order valence-electron chi connectivity index (χ4n) is 1.73. The molecule has 0 spiro atoms. The largest absolute Gasteiger partial charge is 0.493 e. The molecule has 0 bridgehead atoms. The number of nitrogens with one attached hydrogen (secondary N) is 1. The third kappa shape index (κ3) is 5.27. The second kappa shape index (κ2) is 7.49. The Morgan fingerprint density at radius 2 is 1.85 bits per heavy atom. The van der Waals surface area contributed by atoms with Gasteiger partial charge in [-0.2, -0.15) is 0 Å². The Balaban J connectivity index is 2.40. The number of aliphatic hydroxyl groups excluding tert-OH is 1. The number of hydrogen-bond acceptors (Lipinski definition) is 4. The molecule has 6 nitrogen and oxygen atoms in total. The molecule has 0 saturated carbocycles. The molecule has 0 heterocycles. The van der Waals surface area contributed by atoms with Crippen molar-refractivity contribution in [2.24, 2.45) is 0 Å². The number of ether oxygens (including phenoxy) is 1. The smallest absolute Gasteiger partial charge is 0.328 e. The van der Waals surface area contributed by atoms with Gasteiger partial charge in [-0.25, -0.2) is 4.79 Å². The number of aliphatic hydroxyl groups is 1. The number of aryl methyl sites for hydroxylation is 2. The van der Waals surface area contributed by atoms with Crippen molar-refractivity contribution in [3.8, 4) is 5.75 Å². The van der Waals surface area contributed by atoms with Crippen LogP contribution in [0.5, 0.6) is 5.75 Å². The Bertz CT molecular complexity index is 466. The lowest BCUT2D eigenvalue weighted by molar-refractivity contribution is -0.143. The van der Waals surface area contributed by atoms with Crippen molar-refractivity contribution in [1.82, 2.24) is 5.32 Å². The molecule has 6 heteroatoms. The monoisotopic (exact) mass is 281 g/mol. The fourth-order valence-corrected chi connectivity index (χ4v) is 1.73. The van der Waals surface area contributed by atoms with Crippen LogP contribution in [-0.2, 0) is 9.59 Å². The average molecular weight is 281 g/mol. The van der Waals surface area contributed by atoms with Gasteiger partial charge in [0.05, 0.1) is 19.6 Å². The van der Waals surface area contributed by atoms with E-state index in [0.29, 0.717) is 5.75 Å². The highest BCUT2D eigenvalue weighted by molar-refractivity contribution is 5.83. The topological polar surface area (TPSA) is 95.9 Å². The maximum Gasteiger partial charge on any atom is 0.328 e. The van der Waals surface area contributed by atoms with Crippen molar-refractivity contribution < 1.29 is 24.5 Å². The maximum absolute atomic E-state index is 11.5. The van der Waals surface area contributed by atoms with Gasteiger partial charge in [-0.15, -0.1) is 0 Å². The molecule has 1 aromatic carbocycles.